The summed E-state index contributed by atoms with van der Waals surface area (Å²) in [6.45, 7) is 4.35. The fourth-order valence-corrected chi connectivity index (χ4v) is 2.18. The van der Waals surface area contributed by atoms with Crippen molar-refractivity contribution in [3.63, 3.8) is 0 Å². The second kappa shape index (κ2) is 5.82. The van der Waals surface area contributed by atoms with Gasteiger partial charge in [0.2, 0.25) is 5.88 Å². The lowest BCUT2D eigenvalue weighted by molar-refractivity contribution is 0.199. The summed E-state index contributed by atoms with van der Waals surface area (Å²) < 4.78 is 5.87. The van der Waals surface area contributed by atoms with E-state index in [1.54, 1.807) is 6.92 Å². The van der Waals surface area contributed by atoms with Gasteiger partial charge in [0.15, 0.2) is 0 Å². The zero-order valence-corrected chi connectivity index (χ0v) is 12.4. The molecule has 1 unspecified atom stereocenters. The molecule has 4 nitrogen and oxygen atoms in total. The predicted octanol–water partition coefficient (Wildman–Crippen LogP) is 3.29. The molecule has 110 valence electrons. The number of benzene rings is 1. The number of hydrogen-bond donors (Lipinski definition) is 1. The van der Waals surface area contributed by atoms with Crippen molar-refractivity contribution in [2.24, 2.45) is 5.92 Å². The molecule has 4 heteroatoms. The first-order valence-electron chi connectivity index (χ1n) is 7.38. The van der Waals surface area contributed by atoms with E-state index in [1.165, 1.54) is 12.8 Å². The maximum atomic E-state index is 9.58. The smallest absolute Gasteiger partial charge is 0.224 e. The van der Waals surface area contributed by atoms with Crippen molar-refractivity contribution in [3.8, 4) is 17.0 Å². The highest BCUT2D eigenvalue weighted by Crippen LogP contribution is 2.32. The molecule has 0 saturated heterocycles. The molecule has 0 aliphatic heterocycles. The summed E-state index contributed by atoms with van der Waals surface area (Å²) in [7, 11) is 0. The van der Waals surface area contributed by atoms with Gasteiger partial charge in [-0.3, -0.25) is 0 Å². The zero-order valence-electron chi connectivity index (χ0n) is 12.4. The average molecular weight is 284 g/mol. The summed E-state index contributed by atoms with van der Waals surface area (Å²) in [6, 6.07) is 7.79. The second-order valence-electron chi connectivity index (χ2n) is 5.69. The van der Waals surface area contributed by atoms with Crippen LogP contribution in [0.1, 0.15) is 37.3 Å². The molecule has 1 aliphatic carbocycles. The minimum Gasteiger partial charge on any atom is -0.477 e. The van der Waals surface area contributed by atoms with Crippen LogP contribution in [0.5, 0.6) is 5.88 Å². The van der Waals surface area contributed by atoms with E-state index in [2.05, 4.69) is 9.97 Å². The Morgan fingerprint density at radius 2 is 2.00 bits per heavy atom. The lowest BCUT2D eigenvalue weighted by atomic mass is 10.0. The Labute approximate surface area is 124 Å². The van der Waals surface area contributed by atoms with Gasteiger partial charge in [-0.05, 0) is 43.7 Å². The third kappa shape index (κ3) is 3.39. The number of nitrogens with zero attached hydrogens (tertiary/aromatic N) is 2. The van der Waals surface area contributed by atoms with Crippen molar-refractivity contribution < 1.29 is 9.84 Å². The third-order valence-electron chi connectivity index (χ3n) is 3.73. The van der Waals surface area contributed by atoms with Crippen LogP contribution in [-0.2, 0) is 0 Å². The SMILES string of the molecule is Cc1ncc(-c2ccc(C(C)O)cc2)c(OCC2CC2)n1. The van der Waals surface area contributed by atoms with Gasteiger partial charge in [-0.25, -0.2) is 4.98 Å². The molecule has 1 aromatic carbocycles. The minimum atomic E-state index is -0.459. The van der Waals surface area contributed by atoms with Crippen molar-refractivity contribution in [1.82, 2.24) is 9.97 Å². The van der Waals surface area contributed by atoms with Gasteiger partial charge in [-0.15, -0.1) is 0 Å². The van der Waals surface area contributed by atoms with E-state index in [1.807, 2.05) is 37.4 Å². The quantitative estimate of drug-likeness (QED) is 0.915. The van der Waals surface area contributed by atoms with Crippen molar-refractivity contribution in [2.45, 2.75) is 32.8 Å². The van der Waals surface area contributed by atoms with Gasteiger partial charge in [0, 0.05) is 6.20 Å². The van der Waals surface area contributed by atoms with E-state index in [4.69, 9.17) is 4.74 Å². The van der Waals surface area contributed by atoms with Crippen molar-refractivity contribution in [3.05, 3.63) is 41.9 Å². The average Bonchev–Trinajstić information content (AvgIpc) is 3.29. The molecule has 0 bridgehead atoms. The van der Waals surface area contributed by atoms with Gasteiger partial charge < -0.3 is 9.84 Å². The van der Waals surface area contributed by atoms with Crippen molar-refractivity contribution in [2.75, 3.05) is 6.61 Å². The fraction of sp³-hybridized carbons (Fsp3) is 0.412. The van der Waals surface area contributed by atoms with Crippen LogP contribution in [0.25, 0.3) is 11.1 Å². The number of aliphatic hydroxyl groups excluding tert-OH is 1. The van der Waals surface area contributed by atoms with Gasteiger partial charge in [0.25, 0.3) is 0 Å². The van der Waals surface area contributed by atoms with E-state index in [-0.39, 0.29) is 0 Å². The number of aliphatic hydroxyl groups is 1. The topological polar surface area (TPSA) is 55.2 Å². The molecule has 1 saturated carbocycles. The van der Waals surface area contributed by atoms with E-state index < -0.39 is 6.10 Å². The highest BCUT2D eigenvalue weighted by atomic mass is 16.5. The molecule has 0 radical (unpaired) electrons. The first-order chi connectivity index (χ1) is 10.1. The summed E-state index contributed by atoms with van der Waals surface area (Å²) in [5.41, 5.74) is 2.80. The largest absolute Gasteiger partial charge is 0.477 e. The Morgan fingerprint density at radius 1 is 1.29 bits per heavy atom. The van der Waals surface area contributed by atoms with Crippen LogP contribution in [-0.4, -0.2) is 21.7 Å². The maximum Gasteiger partial charge on any atom is 0.224 e. The molecule has 0 spiro atoms. The molecule has 1 aliphatic rings. The molecular weight excluding hydrogens is 264 g/mol. The first kappa shape index (κ1) is 14.0. The molecular formula is C17H20N2O2. The maximum absolute atomic E-state index is 9.58. The summed E-state index contributed by atoms with van der Waals surface area (Å²) in [5.74, 6) is 2.05. The van der Waals surface area contributed by atoms with Crippen molar-refractivity contribution in [1.29, 1.82) is 0 Å². The van der Waals surface area contributed by atoms with Crippen molar-refractivity contribution >= 4 is 0 Å². The Morgan fingerprint density at radius 3 is 2.62 bits per heavy atom. The van der Waals surface area contributed by atoms with E-state index >= 15 is 0 Å². The number of hydrogen-bond acceptors (Lipinski definition) is 4. The Hall–Kier alpha value is -1.94. The van der Waals surface area contributed by atoms with E-state index in [9.17, 15) is 5.11 Å². The first-order valence-corrected chi connectivity index (χ1v) is 7.38. The van der Waals surface area contributed by atoms with E-state index in [0.717, 1.165) is 23.3 Å². The summed E-state index contributed by atoms with van der Waals surface area (Å²) in [4.78, 5) is 8.70. The molecule has 1 aromatic heterocycles. The minimum absolute atomic E-state index is 0.459. The molecule has 1 heterocycles. The Balaban J connectivity index is 1.88. The van der Waals surface area contributed by atoms with Crippen LogP contribution in [0.3, 0.4) is 0 Å². The molecule has 21 heavy (non-hydrogen) atoms. The number of ether oxygens (including phenoxy) is 1. The summed E-state index contributed by atoms with van der Waals surface area (Å²) in [5, 5.41) is 9.58. The van der Waals surface area contributed by atoms with Crippen LogP contribution in [0, 0.1) is 12.8 Å². The highest BCUT2D eigenvalue weighted by molar-refractivity contribution is 5.67. The van der Waals surface area contributed by atoms with Gasteiger partial charge in [-0.1, -0.05) is 24.3 Å². The van der Waals surface area contributed by atoms with Gasteiger partial charge in [-0.2, -0.15) is 4.98 Å². The molecule has 1 N–H and O–H groups in total. The van der Waals surface area contributed by atoms with Crippen LogP contribution in [0.2, 0.25) is 0 Å². The Kier molecular flexibility index (Phi) is 3.88. The van der Waals surface area contributed by atoms with Gasteiger partial charge in [0.05, 0.1) is 18.3 Å². The lowest BCUT2D eigenvalue weighted by Gasteiger charge is -2.11. The number of aryl methyl sites for hydroxylation is 1. The molecule has 0 amide bonds. The molecule has 3 rings (SSSR count). The third-order valence-corrected chi connectivity index (χ3v) is 3.73. The monoisotopic (exact) mass is 284 g/mol. The standard InChI is InChI=1S/C17H20N2O2/c1-11(20)14-5-7-15(8-6-14)16-9-18-12(2)19-17(16)21-10-13-3-4-13/h5-9,11,13,20H,3-4,10H2,1-2H3. The van der Waals surface area contributed by atoms with Crippen LogP contribution < -0.4 is 4.74 Å². The van der Waals surface area contributed by atoms with Crippen LogP contribution >= 0.6 is 0 Å². The zero-order chi connectivity index (χ0) is 14.8. The van der Waals surface area contributed by atoms with Gasteiger partial charge in [0.1, 0.15) is 5.82 Å². The fourth-order valence-electron chi connectivity index (χ4n) is 2.18. The van der Waals surface area contributed by atoms with E-state index in [0.29, 0.717) is 17.6 Å². The van der Waals surface area contributed by atoms with Crippen LogP contribution in [0.4, 0.5) is 0 Å². The number of rotatable bonds is 5. The molecule has 2 aromatic rings. The molecule has 1 fully saturated rings. The normalized spacial score (nSPS) is 15.8. The predicted molar refractivity (Wildman–Crippen MR) is 81.1 cm³/mol. The summed E-state index contributed by atoms with van der Waals surface area (Å²) >= 11 is 0. The van der Waals surface area contributed by atoms with Gasteiger partial charge >= 0.3 is 0 Å². The highest BCUT2D eigenvalue weighted by Gasteiger charge is 2.23. The summed E-state index contributed by atoms with van der Waals surface area (Å²) in [6.07, 6.45) is 3.85. The Bertz CT molecular complexity index is 619. The molecule has 1 atom stereocenters. The number of aromatic nitrogens is 2. The second-order valence-corrected chi connectivity index (χ2v) is 5.69. The van der Waals surface area contributed by atoms with Crippen LogP contribution in [0.15, 0.2) is 30.5 Å². The lowest BCUT2D eigenvalue weighted by Crippen LogP contribution is -2.04.